The fourth-order valence-electron chi connectivity index (χ4n) is 2.98. The summed E-state index contributed by atoms with van der Waals surface area (Å²) in [6.45, 7) is 4.75. The maximum atomic E-state index is 5.87. The van der Waals surface area contributed by atoms with Gasteiger partial charge in [0.15, 0.2) is 5.82 Å². The van der Waals surface area contributed by atoms with Crippen molar-refractivity contribution in [1.29, 1.82) is 0 Å². The molecule has 7 heteroatoms. The fraction of sp³-hybridized carbons (Fsp3) is 0.316. The third-order valence-corrected chi connectivity index (χ3v) is 4.77. The lowest BCUT2D eigenvalue weighted by Crippen LogP contribution is -1.98. The van der Waals surface area contributed by atoms with Crippen molar-refractivity contribution in [3.05, 3.63) is 52.7 Å². The van der Waals surface area contributed by atoms with Gasteiger partial charge in [-0.1, -0.05) is 19.1 Å². The topological polar surface area (TPSA) is 68.3 Å². The number of H-pyrrole nitrogens is 1. The number of rotatable bonds is 6. The molecular weight excluding hydrogens is 348 g/mol. The third kappa shape index (κ3) is 3.22. The molecule has 0 unspecified atom stereocenters. The Bertz CT molecular complexity index is 1000. The second kappa shape index (κ2) is 6.92. The Morgan fingerprint density at radius 1 is 1.38 bits per heavy atom. The molecule has 6 nitrogen and oxygen atoms in total. The number of hydrogen-bond acceptors (Lipinski definition) is 5. The molecule has 1 aliphatic carbocycles. The molecule has 0 bridgehead atoms. The maximum absolute atomic E-state index is 5.87. The van der Waals surface area contributed by atoms with E-state index in [9.17, 15) is 0 Å². The molecule has 2 atom stereocenters. The summed E-state index contributed by atoms with van der Waals surface area (Å²) in [5, 5.41) is 11.6. The molecule has 2 aromatic heterocycles. The molecule has 26 heavy (non-hydrogen) atoms. The average Bonchev–Trinajstić information content (AvgIpc) is 3.04. The van der Waals surface area contributed by atoms with Crippen molar-refractivity contribution in [3.63, 3.8) is 0 Å². The van der Waals surface area contributed by atoms with Gasteiger partial charge in [-0.2, -0.15) is 14.9 Å². The van der Waals surface area contributed by atoms with E-state index in [2.05, 4.69) is 22.2 Å². The van der Waals surface area contributed by atoms with Gasteiger partial charge in [0.2, 0.25) is 4.77 Å². The molecule has 134 valence electrons. The van der Waals surface area contributed by atoms with Gasteiger partial charge in [0.25, 0.3) is 0 Å². The molecule has 1 N–H and O–H groups in total. The minimum Gasteiger partial charge on any atom is -0.493 e. The predicted molar refractivity (Wildman–Crippen MR) is 102 cm³/mol. The lowest BCUT2D eigenvalue weighted by Gasteiger charge is -2.08. The number of ether oxygens (including phenoxy) is 1. The third-order valence-electron chi connectivity index (χ3n) is 4.50. The summed E-state index contributed by atoms with van der Waals surface area (Å²) < 4.78 is 13.6. The number of hydrogen-bond donors (Lipinski definition) is 1. The minimum absolute atomic E-state index is 0.408. The quantitative estimate of drug-likeness (QED) is 0.510. The summed E-state index contributed by atoms with van der Waals surface area (Å²) in [7, 11) is 0. The first-order valence-corrected chi connectivity index (χ1v) is 9.12. The number of aromatic amines is 1. The molecular formula is C19H20N4O2S. The van der Waals surface area contributed by atoms with Gasteiger partial charge >= 0.3 is 0 Å². The van der Waals surface area contributed by atoms with Crippen LogP contribution in [0.5, 0.6) is 5.75 Å². The number of para-hydroxylation sites is 1. The predicted octanol–water partition coefficient (Wildman–Crippen LogP) is 4.60. The van der Waals surface area contributed by atoms with Crippen LogP contribution in [0.1, 0.15) is 37.7 Å². The van der Waals surface area contributed by atoms with Crippen LogP contribution in [-0.4, -0.2) is 27.7 Å². The molecule has 1 fully saturated rings. The van der Waals surface area contributed by atoms with Gasteiger partial charge in [-0.05, 0) is 55.7 Å². The zero-order chi connectivity index (χ0) is 18.1. The summed E-state index contributed by atoms with van der Waals surface area (Å²) in [6.07, 6.45) is 2.85. The summed E-state index contributed by atoms with van der Waals surface area (Å²) in [5.41, 5.74) is 0.825. The van der Waals surface area contributed by atoms with E-state index < -0.39 is 0 Å². The van der Waals surface area contributed by atoms with E-state index in [1.165, 1.54) is 6.42 Å². The van der Waals surface area contributed by atoms with Gasteiger partial charge in [-0.3, -0.25) is 0 Å². The lowest BCUT2D eigenvalue weighted by molar-refractivity contribution is 0.341. The fourth-order valence-corrected chi connectivity index (χ4v) is 3.16. The highest BCUT2D eigenvalue weighted by molar-refractivity contribution is 7.71. The highest BCUT2D eigenvalue weighted by atomic mass is 32.1. The molecule has 0 radical (unpaired) electrons. The van der Waals surface area contributed by atoms with Crippen molar-refractivity contribution in [3.8, 4) is 17.1 Å². The van der Waals surface area contributed by atoms with Gasteiger partial charge in [0.1, 0.15) is 17.3 Å². The monoisotopic (exact) mass is 368 g/mol. The summed E-state index contributed by atoms with van der Waals surface area (Å²) in [4.78, 5) is 0. The second-order valence-corrected chi connectivity index (χ2v) is 6.78. The SMILES string of the molecule is CCOc1ccccc1-c1n[nH]c(=S)n1/N=C\c1ccc([C@H]2C[C@@H]2C)o1. The molecule has 1 aromatic carbocycles. The Kier molecular flexibility index (Phi) is 4.46. The zero-order valence-corrected chi connectivity index (χ0v) is 15.5. The van der Waals surface area contributed by atoms with Crippen LogP contribution in [-0.2, 0) is 0 Å². The Labute approximate surface area is 156 Å². The van der Waals surface area contributed by atoms with E-state index in [1.807, 2.05) is 43.3 Å². The molecule has 0 saturated heterocycles. The van der Waals surface area contributed by atoms with Crippen LogP contribution in [0.15, 0.2) is 45.9 Å². The molecule has 1 aliphatic rings. The van der Waals surface area contributed by atoms with Gasteiger partial charge in [-0.15, -0.1) is 0 Å². The van der Waals surface area contributed by atoms with E-state index in [0.717, 1.165) is 17.1 Å². The van der Waals surface area contributed by atoms with Gasteiger partial charge in [-0.25, -0.2) is 5.10 Å². The van der Waals surface area contributed by atoms with Crippen LogP contribution in [0.25, 0.3) is 11.4 Å². The van der Waals surface area contributed by atoms with Crippen molar-refractivity contribution >= 4 is 18.4 Å². The van der Waals surface area contributed by atoms with Crippen molar-refractivity contribution in [2.24, 2.45) is 11.0 Å². The maximum Gasteiger partial charge on any atom is 0.216 e. The highest BCUT2D eigenvalue weighted by Gasteiger charge is 2.36. The first kappa shape index (κ1) is 16.8. The Hall–Kier alpha value is -2.67. The summed E-state index contributed by atoms with van der Waals surface area (Å²) >= 11 is 5.33. The molecule has 0 amide bonds. The van der Waals surface area contributed by atoms with E-state index in [4.69, 9.17) is 21.4 Å². The van der Waals surface area contributed by atoms with E-state index in [1.54, 1.807) is 10.9 Å². The van der Waals surface area contributed by atoms with Gasteiger partial charge < -0.3 is 9.15 Å². The first-order chi connectivity index (χ1) is 12.7. The average molecular weight is 368 g/mol. The zero-order valence-electron chi connectivity index (χ0n) is 14.7. The number of benzene rings is 1. The number of nitrogens with zero attached hydrogens (tertiary/aromatic N) is 3. The largest absolute Gasteiger partial charge is 0.493 e. The Balaban J connectivity index is 1.65. The number of nitrogens with one attached hydrogen (secondary N) is 1. The lowest BCUT2D eigenvalue weighted by atomic mass is 10.2. The minimum atomic E-state index is 0.408. The molecule has 0 spiro atoms. The van der Waals surface area contributed by atoms with Gasteiger partial charge in [0.05, 0.1) is 18.4 Å². The molecule has 4 rings (SSSR count). The van der Waals surface area contributed by atoms with Crippen LogP contribution in [0.4, 0.5) is 0 Å². The smallest absolute Gasteiger partial charge is 0.216 e. The van der Waals surface area contributed by atoms with Crippen LogP contribution in [0, 0.1) is 10.7 Å². The van der Waals surface area contributed by atoms with Crippen LogP contribution >= 0.6 is 12.2 Å². The van der Waals surface area contributed by atoms with E-state index in [0.29, 0.717) is 34.8 Å². The first-order valence-electron chi connectivity index (χ1n) is 8.71. The normalized spacial score (nSPS) is 19.2. The molecule has 2 heterocycles. The van der Waals surface area contributed by atoms with Crippen molar-refractivity contribution < 1.29 is 9.15 Å². The van der Waals surface area contributed by atoms with E-state index >= 15 is 0 Å². The van der Waals surface area contributed by atoms with Crippen molar-refractivity contribution in [1.82, 2.24) is 14.9 Å². The van der Waals surface area contributed by atoms with Crippen molar-refractivity contribution in [2.75, 3.05) is 6.61 Å². The highest BCUT2D eigenvalue weighted by Crippen LogP contribution is 2.47. The molecule has 1 saturated carbocycles. The van der Waals surface area contributed by atoms with Crippen LogP contribution in [0.3, 0.4) is 0 Å². The van der Waals surface area contributed by atoms with Crippen molar-refractivity contribution in [2.45, 2.75) is 26.2 Å². The molecule has 0 aliphatic heterocycles. The van der Waals surface area contributed by atoms with Crippen LogP contribution in [0.2, 0.25) is 0 Å². The van der Waals surface area contributed by atoms with Crippen LogP contribution < -0.4 is 4.74 Å². The van der Waals surface area contributed by atoms with E-state index in [-0.39, 0.29) is 0 Å². The number of aromatic nitrogens is 3. The molecule has 3 aromatic rings. The summed E-state index contributed by atoms with van der Waals surface area (Å²) in [5.74, 6) is 4.31. The number of furan rings is 1. The standard InChI is InChI=1S/C19H20N4O2S/c1-3-24-16-7-5-4-6-14(16)18-21-22-19(26)23(18)20-11-13-8-9-17(25-13)15-10-12(15)2/h4-9,11-12,15H,3,10H2,1-2H3,(H,22,26)/b20-11-/t12-,15-/m0/s1. The second-order valence-electron chi connectivity index (χ2n) is 6.40. The summed E-state index contributed by atoms with van der Waals surface area (Å²) in [6, 6.07) is 11.6. The Morgan fingerprint density at radius 2 is 2.19 bits per heavy atom. The Morgan fingerprint density at radius 3 is 2.96 bits per heavy atom. The van der Waals surface area contributed by atoms with Gasteiger partial charge in [0, 0.05) is 5.92 Å².